The second-order valence-electron chi connectivity index (χ2n) is 0.192. The van der Waals surface area contributed by atoms with E-state index in [0.29, 0.717) is 0 Å². The maximum atomic E-state index is 8.53. The third kappa shape index (κ3) is 242. The van der Waals surface area contributed by atoms with Crippen molar-refractivity contribution < 1.29 is 32.9 Å². The Kier molecular flexibility index (Phi) is 65.2. The molecule has 0 spiro atoms. The van der Waals surface area contributed by atoms with E-state index >= 15 is 0 Å². The summed E-state index contributed by atoms with van der Waals surface area (Å²) in [5.74, 6) is 0. The van der Waals surface area contributed by atoms with Crippen LogP contribution in [0.3, 0.4) is 0 Å². The van der Waals surface area contributed by atoms with Gasteiger partial charge in [0.25, 0.3) is 0 Å². The Morgan fingerprint density at radius 1 is 1.00 bits per heavy atom. The van der Waals surface area contributed by atoms with Gasteiger partial charge in [0.2, 0.25) is 0 Å². The molecule has 0 unspecified atom stereocenters. The summed E-state index contributed by atoms with van der Waals surface area (Å²) in [4.78, 5) is 0. The molecule has 0 saturated heterocycles. The monoisotopic (exact) mass is 277 g/mol. The van der Waals surface area contributed by atoms with Crippen molar-refractivity contribution >= 4 is 31.4 Å². The molecule has 0 saturated carbocycles. The Morgan fingerprint density at radius 3 is 1.00 bits per heavy atom. The van der Waals surface area contributed by atoms with Gasteiger partial charge in [0.15, 0.2) is 0 Å². The predicted octanol–water partition coefficient (Wildman–Crippen LogP) is -3.92. The minimum atomic E-state index is -2.19. The van der Waals surface area contributed by atoms with Gasteiger partial charge in [-0.1, -0.05) is 0 Å². The average Bonchev–Trinajstić information content (AvgIpc) is 1.39. The summed E-state index contributed by atoms with van der Waals surface area (Å²) in [5.41, 5.74) is 0. The molecule has 0 atom stereocenters. The van der Waals surface area contributed by atoms with Crippen LogP contribution in [0.15, 0.2) is 0 Å². The van der Waals surface area contributed by atoms with Crippen LogP contribution in [0.2, 0.25) is 0 Å². The molecular formula is H2CuGe2O4. The summed E-state index contributed by atoms with van der Waals surface area (Å²) >= 11 is -4.38. The van der Waals surface area contributed by atoms with Gasteiger partial charge in [0.05, 0.1) is 0 Å². The fourth-order valence-electron chi connectivity index (χ4n) is 0. The van der Waals surface area contributed by atoms with Crippen molar-refractivity contribution in [3.8, 4) is 0 Å². The number of rotatable bonds is 0. The molecule has 0 aromatic rings. The van der Waals surface area contributed by atoms with Crippen LogP contribution in [0.1, 0.15) is 0 Å². The Bertz CT molecular complexity index is 30.7. The molecule has 1 radical (unpaired) electrons. The molecule has 7 heteroatoms. The number of hydrogen-bond donors (Lipinski definition) is 0. The van der Waals surface area contributed by atoms with Crippen LogP contribution >= 0.6 is 0 Å². The molecule has 0 aliphatic heterocycles. The Labute approximate surface area is 64.2 Å². The van der Waals surface area contributed by atoms with Crippen LogP contribution in [0.5, 0.6) is 0 Å². The third-order valence-electron chi connectivity index (χ3n) is 0. The van der Waals surface area contributed by atoms with Crippen molar-refractivity contribution in [1.29, 1.82) is 0 Å². The van der Waals surface area contributed by atoms with Crippen molar-refractivity contribution in [2.75, 3.05) is 0 Å². The molecule has 0 rings (SSSR count). The summed E-state index contributed by atoms with van der Waals surface area (Å²) in [5, 5.41) is 0. The predicted molar refractivity (Wildman–Crippen MR) is 15.7 cm³/mol. The first-order valence-corrected chi connectivity index (χ1v) is 4.90. The molecule has 7 heavy (non-hydrogen) atoms. The second kappa shape index (κ2) is 29.1. The van der Waals surface area contributed by atoms with Crippen molar-refractivity contribution in [3.63, 3.8) is 0 Å². The summed E-state index contributed by atoms with van der Waals surface area (Å²) in [6.07, 6.45) is 0. The zero-order valence-electron chi connectivity index (χ0n) is 3.09. The van der Waals surface area contributed by atoms with Crippen LogP contribution in [-0.2, 0) is 24.6 Å². The van der Waals surface area contributed by atoms with E-state index in [2.05, 4.69) is 0 Å². The van der Waals surface area contributed by atoms with E-state index in [4.69, 9.17) is 15.8 Å². The molecule has 0 bridgehead atoms. The fraction of sp³-hybridized carbons (Fsp3) is 0. The van der Waals surface area contributed by atoms with Crippen molar-refractivity contribution in [2.24, 2.45) is 0 Å². The third-order valence-corrected chi connectivity index (χ3v) is 0. The van der Waals surface area contributed by atoms with E-state index in [1.807, 2.05) is 0 Å². The van der Waals surface area contributed by atoms with Gasteiger partial charge in [-0.05, 0) is 0 Å². The van der Waals surface area contributed by atoms with Crippen LogP contribution < -0.4 is 8.27 Å². The second-order valence-corrected chi connectivity index (χ2v) is 1.00. The Hall–Kier alpha value is 0.805. The van der Waals surface area contributed by atoms with Gasteiger partial charge in [-0.2, -0.15) is 0 Å². The van der Waals surface area contributed by atoms with E-state index in [0.717, 1.165) is 0 Å². The van der Waals surface area contributed by atoms with E-state index in [9.17, 15) is 0 Å². The first-order chi connectivity index (χ1) is 2.83. The summed E-state index contributed by atoms with van der Waals surface area (Å²) in [6, 6.07) is 0. The molecule has 0 aliphatic rings. The first kappa shape index (κ1) is 15.7. The van der Waals surface area contributed by atoms with Gasteiger partial charge in [0, 0.05) is 0 Å². The first-order valence-electron chi connectivity index (χ1n) is 0.943. The van der Waals surface area contributed by atoms with E-state index in [1.54, 1.807) is 0 Å². The van der Waals surface area contributed by atoms with Crippen LogP contribution in [-0.4, -0.2) is 31.4 Å². The summed E-state index contributed by atoms with van der Waals surface area (Å²) in [6.45, 7) is 0. The summed E-state index contributed by atoms with van der Waals surface area (Å²) < 4.78 is 34.1. The molecule has 0 fully saturated rings. The molecule has 0 heterocycles. The molecule has 0 aromatic heterocycles. The average molecular weight is 275 g/mol. The van der Waals surface area contributed by atoms with Gasteiger partial charge >= 0.3 is 64.3 Å². The van der Waals surface area contributed by atoms with Gasteiger partial charge in [-0.15, -0.1) is 0 Å². The molecule has 4 nitrogen and oxygen atoms in total. The number of hydrogen-bond acceptors (Lipinski definition) is 4. The quantitative estimate of drug-likeness (QED) is 0.423. The topological polar surface area (TPSA) is 80.3 Å². The van der Waals surface area contributed by atoms with Gasteiger partial charge in [-0.25, -0.2) is 0 Å². The van der Waals surface area contributed by atoms with E-state index in [-0.39, 0.29) is 17.1 Å². The molecule has 0 aliphatic carbocycles. The van der Waals surface area contributed by atoms with Crippen LogP contribution in [0.25, 0.3) is 0 Å². The fourth-order valence-corrected chi connectivity index (χ4v) is 0. The Morgan fingerprint density at radius 2 is 1.00 bits per heavy atom. The van der Waals surface area contributed by atoms with Crippen molar-refractivity contribution in [2.45, 2.75) is 0 Å². The van der Waals surface area contributed by atoms with Crippen LogP contribution in [0, 0.1) is 0 Å². The maximum absolute atomic E-state index is 8.53. The van der Waals surface area contributed by atoms with Gasteiger partial charge in [0.1, 0.15) is 0 Å². The zero-order valence-corrected chi connectivity index (χ0v) is 8.88. The molecular weight excluding hydrogens is 273 g/mol. The van der Waals surface area contributed by atoms with Gasteiger partial charge in [-0.3, -0.25) is 0 Å². The van der Waals surface area contributed by atoms with E-state index < -0.39 is 31.4 Å². The molecule has 0 amide bonds. The molecule has 0 N–H and O–H groups in total. The standard InChI is InChI=1S/Cu.2GeHO2/c;2*2-1-3/h;2*1H/q+2;2*-1. The van der Waals surface area contributed by atoms with E-state index in [1.165, 1.54) is 0 Å². The van der Waals surface area contributed by atoms with Gasteiger partial charge < -0.3 is 0 Å². The molecule has 45 valence electrons. The minimum absolute atomic E-state index is 0. The Balaban J connectivity index is -0.0000000400. The SMILES string of the molecule is [Cu+2].[O]=[GeH][O-].[O]=[GeH][O-]. The normalized spacial score (nSPS) is 3.43. The van der Waals surface area contributed by atoms with Crippen molar-refractivity contribution in [3.05, 3.63) is 0 Å². The van der Waals surface area contributed by atoms with Crippen molar-refractivity contribution in [1.82, 2.24) is 0 Å². The molecule has 0 aromatic carbocycles. The zero-order chi connectivity index (χ0) is 5.41. The van der Waals surface area contributed by atoms with Crippen LogP contribution in [0.4, 0.5) is 0 Å². The summed E-state index contributed by atoms with van der Waals surface area (Å²) in [7, 11) is 0.